The van der Waals surface area contributed by atoms with E-state index in [-0.39, 0.29) is 11.6 Å². The number of carbonyl (C=O) groups excluding carboxylic acids is 1. The Morgan fingerprint density at radius 3 is 2.08 bits per heavy atom. The number of benzene rings is 1. The topological polar surface area (TPSA) is 81.9 Å². The quantitative estimate of drug-likeness (QED) is 0.448. The van der Waals surface area contributed by atoms with Gasteiger partial charge in [-0.3, -0.25) is 10.1 Å². The van der Waals surface area contributed by atoms with E-state index < -0.39 is 4.92 Å². The van der Waals surface area contributed by atoms with Gasteiger partial charge in [0.2, 0.25) is 0 Å². The SMILES string of the molecule is COC1=C(C)N(CC=C=O)C(C)=C(OC)C1c1ccc([N+](=O)[O-])cc1. The molecule has 1 aromatic rings. The molecular formula is C18H20N2O5. The maximum absolute atomic E-state index is 10.9. The molecule has 0 spiro atoms. The number of ether oxygens (including phenoxy) is 2. The highest BCUT2D eigenvalue weighted by Gasteiger charge is 2.34. The van der Waals surface area contributed by atoms with Crippen molar-refractivity contribution in [2.24, 2.45) is 0 Å². The molecule has 0 N–H and O–H groups in total. The second-order valence-corrected chi connectivity index (χ2v) is 5.52. The predicted octanol–water partition coefficient (Wildman–Crippen LogP) is 3.14. The molecule has 0 atom stereocenters. The van der Waals surface area contributed by atoms with Gasteiger partial charge in [0.15, 0.2) is 0 Å². The van der Waals surface area contributed by atoms with E-state index in [0.29, 0.717) is 18.1 Å². The number of hydrogen-bond acceptors (Lipinski definition) is 6. The average Bonchev–Trinajstić information content (AvgIpc) is 2.61. The van der Waals surface area contributed by atoms with Gasteiger partial charge in [-0.15, -0.1) is 0 Å². The van der Waals surface area contributed by atoms with Crippen LogP contribution in [-0.4, -0.2) is 36.5 Å². The molecule has 0 radical (unpaired) electrons. The van der Waals surface area contributed by atoms with E-state index in [1.54, 1.807) is 32.3 Å². The summed E-state index contributed by atoms with van der Waals surface area (Å²) in [6.45, 7) is 4.14. The summed E-state index contributed by atoms with van der Waals surface area (Å²) in [4.78, 5) is 22.9. The van der Waals surface area contributed by atoms with Gasteiger partial charge in [0.25, 0.3) is 5.69 Å². The summed E-state index contributed by atoms with van der Waals surface area (Å²) in [6.07, 6.45) is 1.39. The highest BCUT2D eigenvalue weighted by molar-refractivity contribution is 5.47. The van der Waals surface area contributed by atoms with Crippen molar-refractivity contribution in [1.29, 1.82) is 0 Å². The molecule has 1 aromatic carbocycles. The normalized spacial score (nSPS) is 15.1. The summed E-state index contributed by atoms with van der Waals surface area (Å²) < 4.78 is 11.2. The van der Waals surface area contributed by atoms with E-state index in [0.717, 1.165) is 17.0 Å². The van der Waals surface area contributed by atoms with Crippen LogP contribution in [-0.2, 0) is 14.3 Å². The first-order valence-corrected chi connectivity index (χ1v) is 7.67. The maximum atomic E-state index is 10.9. The summed E-state index contributed by atoms with van der Waals surface area (Å²) in [5.41, 5.74) is 2.53. The number of nitro benzene ring substituents is 1. The minimum atomic E-state index is -0.436. The van der Waals surface area contributed by atoms with Crippen molar-refractivity contribution in [1.82, 2.24) is 4.90 Å². The molecule has 25 heavy (non-hydrogen) atoms. The molecule has 2 rings (SSSR count). The van der Waals surface area contributed by atoms with Crippen LogP contribution in [0.5, 0.6) is 0 Å². The van der Waals surface area contributed by atoms with Gasteiger partial charge < -0.3 is 14.4 Å². The number of nitrogens with zero attached hydrogens (tertiary/aromatic N) is 2. The van der Waals surface area contributed by atoms with E-state index in [9.17, 15) is 14.9 Å². The molecule has 1 aliphatic heterocycles. The molecule has 0 bridgehead atoms. The Hall–Kier alpha value is -3.05. The van der Waals surface area contributed by atoms with Gasteiger partial charge in [0.05, 0.1) is 37.1 Å². The Morgan fingerprint density at radius 1 is 1.16 bits per heavy atom. The molecular weight excluding hydrogens is 324 g/mol. The third kappa shape index (κ3) is 3.41. The predicted molar refractivity (Wildman–Crippen MR) is 92.2 cm³/mol. The Morgan fingerprint density at radius 2 is 1.68 bits per heavy atom. The number of nitro groups is 1. The van der Waals surface area contributed by atoms with Crippen LogP contribution in [0, 0.1) is 10.1 Å². The lowest BCUT2D eigenvalue weighted by atomic mass is 9.89. The van der Waals surface area contributed by atoms with Crippen LogP contribution in [0.1, 0.15) is 25.3 Å². The van der Waals surface area contributed by atoms with Crippen LogP contribution < -0.4 is 0 Å². The smallest absolute Gasteiger partial charge is 0.269 e. The molecule has 132 valence electrons. The van der Waals surface area contributed by atoms with Gasteiger partial charge >= 0.3 is 0 Å². The molecule has 0 saturated heterocycles. The van der Waals surface area contributed by atoms with Gasteiger partial charge in [-0.25, -0.2) is 4.79 Å². The maximum Gasteiger partial charge on any atom is 0.269 e. The van der Waals surface area contributed by atoms with E-state index in [2.05, 4.69) is 0 Å². The lowest BCUT2D eigenvalue weighted by Crippen LogP contribution is -2.31. The van der Waals surface area contributed by atoms with Crippen LogP contribution >= 0.6 is 0 Å². The zero-order valence-corrected chi connectivity index (χ0v) is 14.6. The Bertz CT molecular complexity index is 745. The van der Waals surface area contributed by atoms with Gasteiger partial charge in [-0.1, -0.05) is 12.1 Å². The largest absolute Gasteiger partial charge is 0.498 e. The van der Waals surface area contributed by atoms with Crippen molar-refractivity contribution in [3.8, 4) is 0 Å². The Kier molecular flexibility index (Phi) is 5.62. The lowest BCUT2D eigenvalue weighted by molar-refractivity contribution is -0.384. The third-order valence-corrected chi connectivity index (χ3v) is 4.28. The van der Waals surface area contributed by atoms with E-state index in [4.69, 9.17) is 9.47 Å². The minimum Gasteiger partial charge on any atom is -0.498 e. The number of methoxy groups -OCH3 is 2. The molecule has 7 nitrogen and oxygen atoms in total. The zero-order chi connectivity index (χ0) is 18.6. The summed E-state index contributed by atoms with van der Waals surface area (Å²) in [5, 5.41) is 10.9. The molecule has 0 aliphatic carbocycles. The summed E-state index contributed by atoms with van der Waals surface area (Å²) in [6, 6.07) is 6.31. The molecule has 0 amide bonds. The molecule has 1 heterocycles. The van der Waals surface area contributed by atoms with Crippen molar-refractivity contribution >= 4 is 11.6 Å². The van der Waals surface area contributed by atoms with E-state index >= 15 is 0 Å². The Balaban J connectivity index is 2.56. The fourth-order valence-corrected chi connectivity index (χ4v) is 3.08. The van der Waals surface area contributed by atoms with Gasteiger partial charge in [-0.2, -0.15) is 0 Å². The zero-order valence-electron chi connectivity index (χ0n) is 14.6. The highest BCUT2D eigenvalue weighted by Crippen LogP contribution is 2.42. The average molecular weight is 344 g/mol. The Labute approximate surface area is 146 Å². The van der Waals surface area contributed by atoms with Crippen LogP contribution in [0.2, 0.25) is 0 Å². The van der Waals surface area contributed by atoms with Crippen LogP contribution in [0.4, 0.5) is 5.69 Å². The van der Waals surface area contributed by atoms with Crippen LogP contribution in [0.15, 0.2) is 53.3 Å². The first-order valence-electron chi connectivity index (χ1n) is 7.67. The monoisotopic (exact) mass is 344 g/mol. The van der Waals surface area contributed by atoms with E-state index in [1.807, 2.05) is 18.7 Å². The van der Waals surface area contributed by atoms with Gasteiger partial charge in [-0.05, 0) is 19.4 Å². The molecule has 0 aromatic heterocycles. The van der Waals surface area contributed by atoms with Crippen molar-refractivity contribution in [3.63, 3.8) is 0 Å². The molecule has 7 heteroatoms. The molecule has 0 saturated carbocycles. The third-order valence-electron chi connectivity index (χ3n) is 4.28. The van der Waals surface area contributed by atoms with Crippen LogP contribution in [0.25, 0.3) is 0 Å². The lowest BCUT2D eigenvalue weighted by Gasteiger charge is -2.37. The van der Waals surface area contributed by atoms with Crippen molar-refractivity contribution in [2.75, 3.05) is 20.8 Å². The number of hydrogen-bond donors (Lipinski definition) is 0. The second-order valence-electron chi connectivity index (χ2n) is 5.52. The number of rotatable bonds is 6. The second kappa shape index (κ2) is 7.68. The highest BCUT2D eigenvalue weighted by atomic mass is 16.6. The minimum absolute atomic E-state index is 0.0247. The number of allylic oxidation sites excluding steroid dienone is 2. The first kappa shape index (κ1) is 18.3. The number of non-ortho nitro benzene ring substituents is 1. The summed E-state index contributed by atoms with van der Waals surface area (Å²) in [7, 11) is 3.14. The summed E-state index contributed by atoms with van der Waals surface area (Å²) >= 11 is 0. The first-order chi connectivity index (χ1) is 12.0. The van der Waals surface area contributed by atoms with Gasteiger partial charge in [0, 0.05) is 18.2 Å². The van der Waals surface area contributed by atoms with E-state index in [1.165, 1.54) is 18.2 Å². The molecule has 0 unspecified atom stereocenters. The fraction of sp³-hybridized carbons (Fsp3) is 0.333. The molecule has 0 fully saturated rings. The van der Waals surface area contributed by atoms with Gasteiger partial charge in [0.1, 0.15) is 23.4 Å². The van der Waals surface area contributed by atoms with Crippen molar-refractivity contribution in [3.05, 3.63) is 68.9 Å². The molecule has 1 aliphatic rings. The fourth-order valence-electron chi connectivity index (χ4n) is 3.08. The summed E-state index contributed by atoms with van der Waals surface area (Å²) in [5.74, 6) is 2.79. The van der Waals surface area contributed by atoms with Crippen molar-refractivity contribution in [2.45, 2.75) is 19.8 Å². The standard InChI is InChI=1S/C18H20N2O5/c1-12-17(24-3)16(14-6-8-15(9-7-14)20(22)23)18(25-4)13(2)19(12)10-5-11-21/h5-9,16H,10H2,1-4H3. The van der Waals surface area contributed by atoms with Crippen LogP contribution in [0.3, 0.4) is 0 Å². The van der Waals surface area contributed by atoms with Crippen molar-refractivity contribution < 1.29 is 19.2 Å².